The van der Waals surface area contributed by atoms with Crippen LogP contribution in [-0.2, 0) is 12.8 Å². The van der Waals surface area contributed by atoms with Gasteiger partial charge >= 0.3 is 0 Å². The normalized spacial score (nSPS) is 12.4. The Morgan fingerprint density at radius 3 is 2.00 bits per heavy atom. The van der Waals surface area contributed by atoms with E-state index >= 15 is 0 Å². The van der Waals surface area contributed by atoms with Crippen molar-refractivity contribution in [2.24, 2.45) is 5.92 Å². The Bertz CT molecular complexity index is 566. The average Bonchev–Trinajstić information content (AvgIpc) is 2.44. The van der Waals surface area contributed by atoms with Crippen LogP contribution < -0.4 is 0 Å². The molecule has 0 saturated heterocycles. The number of benzene rings is 2. The second-order valence-corrected chi connectivity index (χ2v) is 6.70. The Morgan fingerprint density at radius 1 is 0.800 bits per heavy atom. The van der Waals surface area contributed by atoms with Crippen LogP contribution in [0.15, 0.2) is 42.5 Å². The van der Waals surface area contributed by atoms with Gasteiger partial charge in [-0.05, 0) is 54.2 Å². The van der Waals surface area contributed by atoms with E-state index in [4.69, 9.17) is 34.8 Å². The molecule has 0 N–H and O–H groups in total. The lowest BCUT2D eigenvalue weighted by Crippen LogP contribution is -2.10. The third kappa shape index (κ3) is 4.66. The fraction of sp³-hybridized carbons (Fsp3) is 0.250. The summed E-state index contributed by atoms with van der Waals surface area (Å²) in [4.78, 5) is 0. The Morgan fingerprint density at radius 2 is 1.40 bits per heavy atom. The number of alkyl halides is 1. The zero-order chi connectivity index (χ0) is 14.5. The molecule has 0 fully saturated rings. The number of hydrogen-bond donors (Lipinski definition) is 0. The largest absolute Gasteiger partial charge is 0.0925 e. The highest BCUT2D eigenvalue weighted by Crippen LogP contribution is 2.25. The van der Waals surface area contributed by atoms with Crippen molar-refractivity contribution in [2.75, 3.05) is 5.33 Å². The average molecular weight is 393 g/mol. The minimum Gasteiger partial charge on any atom is -0.0925 e. The summed E-state index contributed by atoms with van der Waals surface area (Å²) in [6.07, 6.45) is 1.97. The van der Waals surface area contributed by atoms with Gasteiger partial charge in [0.05, 0.1) is 10.0 Å². The van der Waals surface area contributed by atoms with E-state index in [-0.39, 0.29) is 0 Å². The molecule has 2 rings (SSSR count). The lowest BCUT2D eigenvalue weighted by Gasteiger charge is -2.15. The molecule has 0 aliphatic heterocycles. The summed E-state index contributed by atoms with van der Waals surface area (Å²) >= 11 is 21.5. The smallest absolute Gasteiger partial charge is 0.0595 e. The van der Waals surface area contributed by atoms with Gasteiger partial charge in [-0.1, -0.05) is 68.9 Å². The van der Waals surface area contributed by atoms with Gasteiger partial charge in [0.15, 0.2) is 0 Å². The van der Waals surface area contributed by atoms with Gasteiger partial charge in [0.1, 0.15) is 0 Å². The van der Waals surface area contributed by atoms with Crippen LogP contribution in [0.4, 0.5) is 0 Å². The van der Waals surface area contributed by atoms with Crippen LogP contribution in [0.3, 0.4) is 0 Å². The summed E-state index contributed by atoms with van der Waals surface area (Å²) in [5, 5.41) is 2.93. The van der Waals surface area contributed by atoms with E-state index in [2.05, 4.69) is 28.1 Å². The van der Waals surface area contributed by atoms with Crippen LogP contribution in [0.5, 0.6) is 0 Å². The van der Waals surface area contributed by atoms with Crippen LogP contribution in [-0.4, -0.2) is 5.33 Å². The van der Waals surface area contributed by atoms with Crippen molar-refractivity contribution < 1.29 is 0 Å². The number of halogens is 4. The van der Waals surface area contributed by atoms with E-state index in [0.717, 1.165) is 23.2 Å². The number of hydrogen-bond acceptors (Lipinski definition) is 0. The lowest BCUT2D eigenvalue weighted by molar-refractivity contribution is 0.591. The number of rotatable bonds is 5. The van der Waals surface area contributed by atoms with E-state index in [9.17, 15) is 0 Å². The predicted octanol–water partition coefficient (Wildman–Crippen LogP) is 6.44. The van der Waals surface area contributed by atoms with Crippen molar-refractivity contribution >= 4 is 50.7 Å². The van der Waals surface area contributed by atoms with Crippen molar-refractivity contribution in [1.82, 2.24) is 0 Å². The van der Waals surface area contributed by atoms with Crippen molar-refractivity contribution in [2.45, 2.75) is 12.8 Å². The van der Waals surface area contributed by atoms with E-state index in [0.29, 0.717) is 16.0 Å². The molecule has 0 nitrogen and oxygen atoms in total. The maximum atomic E-state index is 6.06. The van der Waals surface area contributed by atoms with E-state index < -0.39 is 0 Å². The third-order valence-electron chi connectivity index (χ3n) is 3.16. The fourth-order valence-electron chi connectivity index (χ4n) is 2.14. The first kappa shape index (κ1) is 16.2. The molecule has 106 valence electrons. The molecular formula is C16H14BrCl3. The highest BCUT2D eigenvalue weighted by molar-refractivity contribution is 9.09. The molecule has 20 heavy (non-hydrogen) atoms. The Labute approximate surface area is 143 Å². The minimum atomic E-state index is 0.508. The SMILES string of the molecule is Clc1ccc(CC(CBr)Cc2ccc(Cl)c(Cl)c2)cc1. The molecule has 0 spiro atoms. The van der Waals surface area contributed by atoms with Crippen LogP contribution in [0.2, 0.25) is 15.1 Å². The summed E-state index contributed by atoms with van der Waals surface area (Å²) < 4.78 is 0. The molecule has 1 atom stereocenters. The quantitative estimate of drug-likeness (QED) is 0.513. The zero-order valence-electron chi connectivity index (χ0n) is 10.8. The van der Waals surface area contributed by atoms with Gasteiger partial charge in [-0.25, -0.2) is 0 Å². The molecule has 1 unspecified atom stereocenters. The van der Waals surface area contributed by atoms with Crippen molar-refractivity contribution in [1.29, 1.82) is 0 Å². The first-order valence-electron chi connectivity index (χ1n) is 6.33. The highest BCUT2D eigenvalue weighted by Gasteiger charge is 2.11. The molecule has 0 heterocycles. The maximum Gasteiger partial charge on any atom is 0.0595 e. The van der Waals surface area contributed by atoms with Crippen LogP contribution in [0.25, 0.3) is 0 Å². The van der Waals surface area contributed by atoms with Crippen molar-refractivity contribution in [3.63, 3.8) is 0 Å². The van der Waals surface area contributed by atoms with Crippen LogP contribution in [0, 0.1) is 5.92 Å². The molecule has 0 bridgehead atoms. The molecule has 0 saturated carbocycles. The molecule has 0 aliphatic rings. The molecular weight excluding hydrogens is 378 g/mol. The van der Waals surface area contributed by atoms with Gasteiger partial charge in [-0.3, -0.25) is 0 Å². The molecule has 4 heteroatoms. The van der Waals surface area contributed by atoms with Gasteiger partial charge < -0.3 is 0 Å². The van der Waals surface area contributed by atoms with E-state index in [1.54, 1.807) is 0 Å². The van der Waals surface area contributed by atoms with Crippen LogP contribution in [0.1, 0.15) is 11.1 Å². The molecule has 2 aromatic carbocycles. The highest BCUT2D eigenvalue weighted by atomic mass is 79.9. The summed E-state index contributed by atoms with van der Waals surface area (Å²) in [5.41, 5.74) is 2.50. The Balaban J connectivity index is 2.04. The summed E-state index contributed by atoms with van der Waals surface area (Å²) in [6.45, 7) is 0. The van der Waals surface area contributed by atoms with Gasteiger partial charge in [-0.2, -0.15) is 0 Å². The minimum absolute atomic E-state index is 0.508. The summed E-state index contributed by atoms with van der Waals surface area (Å²) in [7, 11) is 0. The predicted molar refractivity (Wildman–Crippen MR) is 92.6 cm³/mol. The van der Waals surface area contributed by atoms with Gasteiger partial charge in [0.25, 0.3) is 0 Å². The monoisotopic (exact) mass is 390 g/mol. The van der Waals surface area contributed by atoms with E-state index in [1.807, 2.05) is 30.3 Å². The molecule has 0 amide bonds. The second kappa shape index (κ2) is 7.70. The molecule has 0 radical (unpaired) electrons. The molecule has 0 aliphatic carbocycles. The Kier molecular flexibility index (Phi) is 6.22. The first-order chi connectivity index (χ1) is 9.58. The van der Waals surface area contributed by atoms with Crippen molar-refractivity contribution in [3.8, 4) is 0 Å². The standard InChI is InChI=1S/C16H14BrCl3/c17-10-13(7-11-1-4-14(18)5-2-11)8-12-3-6-15(19)16(20)9-12/h1-6,9,13H,7-8,10H2. The Hall–Kier alpha value is -0.210. The van der Waals surface area contributed by atoms with Gasteiger partial charge in [0, 0.05) is 10.4 Å². The second-order valence-electron chi connectivity index (χ2n) is 4.80. The zero-order valence-corrected chi connectivity index (χ0v) is 14.6. The van der Waals surface area contributed by atoms with Gasteiger partial charge in [-0.15, -0.1) is 0 Å². The fourth-order valence-corrected chi connectivity index (χ4v) is 3.04. The third-order valence-corrected chi connectivity index (χ3v) is 5.07. The summed E-state index contributed by atoms with van der Waals surface area (Å²) in [5.74, 6) is 0.508. The maximum absolute atomic E-state index is 6.06. The van der Waals surface area contributed by atoms with E-state index in [1.165, 1.54) is 11.1 Å². The van der Waals surface area contributed by atoms with Crippen LogP contribution >= 0.6 is 50.7 Å². The van der Waals surface area contributed by atoms with Gasteiger partial charge in [0.2, 0.25) is 0 Å². The topological polar surface area (TPSA) is 0 Å². The molecule has 0 aromatic heterocycles. The lowest BCUT2D eigenvalue weighted by atomic mass is 9.94. The molecule has 2 aromatic rings. The summed E-state index contributed by atoms with van der Waals surface area (Å²) in [6, 6.07) is 13.8. The first-order valence-corrected chi connectivity index (χ1v) is 8.58. The van der Waals surface area contributed by atoms with Crippen molar-refractivity contribution in [3.05, 3.63) is 68.7 Å².